The second-order valence-electron chi connectivity index (χ2n) is 3.40. The summed E-state index contributed by atoms with van der Waals surface area (Å²) in [6.07, 6.45) is 0. The van der Waals surface area contributed by atoms with Gasteiger partial charge in [0.15, 0.2) is 0 Å². The molecule has 0 aliphatic rings. The first-order valence-corrected chi connectivity index (χ1v) is 6.88. The van der Waals surface area contributed by atoms with Gasteiger partial charge in [-0.1, -0.05) is 52.6 Å². The lowest BCUT2D eigenvalue weighted by atomic mass is 10.2. The average molecular weight is 315 g/mol. The van der Waals surface area contributed by atoms with Crippen molar-refractivity contribution in [1.82, 2.24) is 0 Å². The van der Waals surface area contributed by atoms with Gasteiger partial charge in [0, 0.05) is 9.79 Å². The summed E-state index contributed by atoms with van der Waals surface area (Å²) in [5.41, 5.74) is 0.468. The van der Waals surface area contributed by atoms with Crippen LogP contribution in [0.25, 0.3) is 0 Å². The van der Waals surface area contributed by atoms with Crippen LogP contribution in [0.1, 0.15) is 5.56 Å². The van der Waals surface area contributed by atoms with Crippen molar-refractivity contribution in [3.05, 3.63) is 57.0 Å². The van der Waals surface area contributed by atoms with Crippen molar-refractivity contribution in [2.24, 2.45) is 0 Å². The molecule has 0 unspecified atom stereocenters. The molecule has 0 aliphatic heterocycles. The number of halogens is 3. The topological polar surface area (TPSA) is 23.8 Å². The van der Waals surface area contributed by atoms with E-state index in [0.717, 1.165) is 9.79 Å². The van der Waals surface area contributed by atoms with Gasteiger partial charge in [-0.3, -0.25) is 0 Å². The Labute approximate surface area is 124 Å². The molecule has 0 aliphatic carbocycles. The molecule has 0 saturated heterocycles. The van der Waals surface area contributed by atoms with Crippen LogP contribution in [0.4, 0.5) is 0 Å². The molecule has 2 aromatic rings. The molecule has 0 aromatic heterocycles. The Balaban J connectivity index is 2.37. The number of hydrogen-bond donors (Lipinski definition) is 0. The average Bonchev–Trinajstić information content (AvgIpc) is 2.34. The first-order valence-electron chi connectivity index (χ1n) is 4.93. The minimum absolute atomic E-state index is 0.447. The zero-order valence-corrected chi connectivity index (χ0v) is 12.0. The molecule has 0 amide bonds. The van der Waals surface area contributed by atoms with Crippen LogP contribution in [0.2, 0.25) is 15.1 Å². The summed E-state index contributed by atoms with van der Waals surface area (Å²) in [5.74, 6) is 0. The van der Waals surface area contributed by atoms with Gasteiger partial charge in [-0.15, -0.1) is 0 Å². The van der Waals surface area contributed by atoms with Gasteiger partial charge in [0.1, 0.15) is 6.07 Å². The lowest BCUT2D eigenvalue weighted by Crippen LogP contribution is -1.83. The van der Waals surface area contributed by atoms with Gasteiger partial charge in [-0.05, 0) is 30.3 Å². The predicted molar refractivity (Wildman–Crippen MR) is 76.8 cm³/mol. The second kappa shape index (κ2) is 5.86. The van der Waals surface area contributed by atoms with E-state index in [0.29, 0.717) is 20.6 Å². The maximum absolute atomic E-state index is 9.08. The van der Waals surface area contributed by atoms with Crippen LogP contribution in [-0.2, 0) is 0 Å². The van der Waals surface area contributed by atoms with Gasteiger partial charge in [0.25, 0.3) is 0 Å². The van der Waals surface area contributed by atoms with E-state index in [4.69, 9.17) is 40.1 Å². The lowest BCUT2D eigenvalue weighted by molar-refractivity contribution is 1.35. The molecule has 0 saturated carbocycles. The minimum atomic E-state index is 0.447. The molecule has 0 atom stereocenters. The molecule has 2 aromatic carbocycles. The molecule has 0 spiro atoms. The fourth-order valence-corrected chi connectivity index (χ4v) is 2.97. The van der Waals surface area contributed by atoms with Gasteiger partial charge in [0.05, 0.1) is 20.6 Å². The van der Waals surface area contributed by atoms with Crippen molar-refractivity contribution in [3.63, 3.8) is 0 Å². The third-order valence-corrected chi connectivity index (χ3v) is 4.31. The maximum atomic E-state index is 9.08. The van der Waals surface area contributed by atoms with Gasteiger partial charge < -0.3 is 0 Å². The predicted octanol–water partition coefficient (Wildman–Crippen LogP) is 5.67. The largest absolute Gasteiger partial charge is 0.192 e. The number of nitriles is 1. The zero-order chi connectivity index (χ0) is 13.1. The SMILES string of the molecule is N#Cc1c(Cl)cccc1Sc1ccc(Cl)c(Cl)c1. The molecule has 0 bridgehead atoms. The molecule has 90 valence electrons. The van der Waals surface area contributed by atoms with Crippen LogP contribution >= 0.6 is 46.6 Å². The van der Waals surface area contributed by atoms with Gasteiger partial charge in [-0.25, -0.2) is 0 Å². The standard InChI is InChI=1S/C13H6Cl3NS/c14-10-2-1-3-13(9(10)7-17)18-8-4-5-11(15)12(16)6-8/h1-6H. The van der Waals surface area contributed by atoms with E-state index in [-0.39, 0.29) is 0 Å². The smallest absolute Gasteiger partial charge is 0.102 e. The summed E-state index contributed by atoms with van der Waals surface area (Å²) in [5, 5.41) is 10.5. The summed E-state index contributed by atoms with van der Waals surface area (Å²) >= 11 is 19.2. The summed E-state index contributed by atoms with van der Waals surface area (Å²) in [4.78, 5) is 1.70. The molecule has 2 rings (SSSR count). The Hall–Kier alpha value is -0.850. The number of nitrogens with zero attached hydrogens (tertiary/aromatic N) is 1. The third-order valence-electron chi connectivity index (χ3n) is 2.21. The quantitative estimate of drug-likeness (QED) is 0.713. The molecular weight excluding hydrogens is 309 g/mol. The highest BCUT2D eigenvalue weighted by Crippen LogP contribution is 2.35. The molecule has 5 heteroatoms. The van der Waals surface area contributed by atoms with Crippen LogP contribution in [0.15, 0.2) is 46.2 Å². The van der Waals surface area contributed by atoms with E-state index in [1.807, 2.05) is 18.2 Å². The van der Waals surface area contributed by atoms with Gasteiger partial charge in [0.2, 0.25) is 0 Å². The monoisotopic (exact) mass is 313 g/mol. The molecule has 0 fully saturated rings. The van der Waals surface area contributed by atoms with Crippen molar-refractivity contribution in [1.29, 1.82) is 5.26 Å². The Morgan fingerprint density at radius 2 is 1.72 bits per heavy atom. The van der Waals surface area contributed by atoms with Crippen molar-refractivity contribution in [2.75, 3.05) is 0 Å². The molecule has 0 N–H and O–H groups in total. The summed E-state index contributed by atoms with van der Waals surface area (Å²) < 4.78 is 0. The Bertz CT molecular complexity index is 635. The lowest BCUT2D eigenvalue weighted by Gasteiger charge is -2.06. The van der Waals surface area contributed by atoms with E-state index in [2.05, 4.69) is 6.07 Å². The Morgan fingerprint density at radius 1 is 0.944 bits per heavy atom. The van der Waals surface area contributed by atoms with Crippen molar-refractivity contribution >= 4 is 46.6 Å². The van der Waals surface area contributed by atoms with Crippen molar-refractivity contribution < 1.29 is 0 Å². The van der Waals surface area contributed by atoms with Crippen LogP contribution in [-0.4, -0.2) is 0 Å². The summed E-state index contributed by atoms with van der Waals surface area (Å²) in [7, 11) is 0. The molecule has 18 heavy (non-hydrogen) atoms. The normalized spacial score (nSPS) is 10.1. The minimum Gasteiger partial charge on any atom is -0.192 e. The van der Waals surface area contributed by atoms with Crippen molar-refractivity contribution in [2.45, 2.75) is 9.79 Å². The highest BCUT2D eigenvalue weighted by molar-refractivity contribution is 7.99. The van der Waals surface area contributed by atoms with Gasteiger partial charge in [-0.2, -0.15) is 5.26 Å². The fourth-order valence-electron chi connectivity index (χ4n) is 1.37. The number of rotatable bonds is 2. The first-order chi connectivity index (χ1) is 8.61. The first kappa shape index (κ1) is 13.6. The van der Waals surface area contributed by atoms with Crippen LogP contribution in [0.5, 0.6) is 0 Å². The zero-order valence-electron chi connectivity index (χ0n) is 8.95. The molecule has 0 radical (unpaired) electrons. The van der Waals surface area contributed by atoms with E-state index in [1.165, 1.54) is 11.8 Å². The Kier molecular flexibility index (Phi) is 4.42. The van der Waals surface area contributed by atoms with E-state index in [9.17, 15) is 0 Å². The van der Waals surface area contributed by atoms with Crippen molar-refractivity contribution in [3.8, 4) is 6.07 Å². The van der Waals surface area contributed by atoms with Crippen LogP contribution in [0.3, 0.4) is 0 Å². The fraction of sp³-hybridized carbons (Fsp3) is 0. The van der Waals surface area contributed by atoms with Crippen LogP contribution < -0.4 is 0 Å². The summed E-state index contributed by atoms with van der Waals surface area (Å²) in [6.45, 7) is 0. The molecule has 1 nitrogen and oxygen atoms in total. The highest BCUT2D eigenvalue weighted by atomic mass is 35.5. The van der Waals surface area contributed by atoms with E-state index in [1.54, 1.807) is 18.2 Å². The number of benzene rings is 2. The number of hydrogen-bond acceptors (Lipinski definition) is 2. The Morgan fingerprint density at radius 3 is 2.39 bits per heavy atom. The summed E-state index contributed by atoms with van der Waals surface area (Å²) in [6, 6.07) is 12.8. The van der Waals surface area contributed by atoms with Gasteiger partial charge >= 0.3 is 0 Å². The third kappa shape index (κ3) is 2.93. The highest BCUT2D eigenvalue weighted by Gasteiger charge is 2.08. The maximum Gasteiger partial charge on any atom is 0.102 e. The van der Waals surface area contributed by atoms with E-state index >= 15 is 0 Å². The molecule has 0 heterocycles. The molecular formula is C13H6Cl3NS. The van der Waals surface area contributed by atoms with E-state index < -0.39 is 0 Å². The second-order valence-corrected chi connectivity index (χ2v) is 5.74. The van der Waals surface area contributed by atoms with Crippen LogP contribution in [0, 0.1) is 11.3 Å².